The maximum Gasteiger partial charge on any atom is 0.471 e. The number of nitrogens with one attached hydrogen (secondary N) is 2. The van der Waals surface area contributed by atoms with Crippen LogP contribution < -0.4 is 10.6 Å². The predicted octanol–water partition coefficient (Wildman–Crippen LogP) is 11.0. The molecule has 4 aliphatic heterocycles. The molecule has 0 aromatic heterocycles. The number of rotatable bonds is 6. The molecule has 12 aliphatic rings. The van der Waals surface area contributed by atoms with E-state index >= 15 is 0 Å². The number of allylic oxidation sites excluding steroid dienone is 5. The van der Waals surface area contributed by atoms with Crippen LogP contribution >= 0.6 is 0 Å². The van der Waals surface area contributed by atoms with Crippen molar-refractivity contribution in [2.45, 2.75) is 212 Å². The second kappa shape index (κ2) is 20.4. The van der Waals surface area contributed by atoms with Crippen molar-refractivity contribution in [1.82, 2.24) is 20.4 Å². The summed E-state index contributed by atoms with van der Waals surface area (Å²) < 4.78 is 90.5. The van der Waals surface area contributed by atoms with E-state index < -0.39 is 24.2 Å². The van der Waals surface area contributed by atoms with Gasteiger partial charge in [0.15, 0.2) is 0 Å². The number of fused-ring (bicyclic) bond motifs is 12. The number of carbonyl (C=O) groups excluding carboxylic acids is 3. The molecule has 2 spiro atoms. The molecule has 434 valence electrons. The molecule has 0 radical (unpaired) electrons. The molecule has 0 aromatic rings. The zero-order chi connectivity index (χ0) is 55.8. The molecule has 78 heavy (non-hydrogen) atoms. The highest BCUT2D eigenvalue weighted by Gasteiger charge is 2.64. The van der Waals surface area contributed by atoms with Gasteiger partial charge in [0, 0.05) is 76.0 Å². The molecular formula is C62H88F6N4O6. The first-order valence-electron chi connectivity index (χ1n) is 30.2. The second-order valence-corrected chi connectivity index (χ2v) is 27.7. The van der Waals surface area contributed by atoms with E-state index in [1.807, 2.05) is 0 Å². The van der Waals surface area contributed by atoms with Crippen molar-refractivity contribution in [2.75, 3.05) is 39.3 Å². The lowest BCUT2D eigenvalue weighted by atomic mass is 9.56. The standard InChI is InChI=1S/C31H45F3N2O3.C31H43F3N2O3/c2*1-17-13-26-27(36(16-17)12-11-35-28(38)31(32,33)34)19(3)30(39-26)10-8-22-23-6-5-20-14-21(37)7-9-29(20,4)25(23)15-24(22)18(30)2/h5,17,19,21-23,25-27,37H,6-16H2,1-4H3,(H,35,38);5,17,19,22-23,25-27H,6-16H2,1-4H3,(H,35,38)/t17-,19+,21-,22-,23-,25-,26+,27-,29-,30-;17-,19+,22-,23-,25-,26+,27-,29-,30-/m00/s1. The molecule has 2 amide bonds. The monoisotopic (exact) mass is 1100 g/mol. The van der Waals surface area contributed by atoms with Gasteiger partial charge in [0.05, 0.1) is 29.5 Å². The van der Waals surface area contributed by atoms with Crippen LogP contribution in [0.3, 0.4) is 0 Å². The second-order valence-electron chi connectivity index (χ2n) is 27.7. The molecule has 12 rings (SSSR count). The maximum atomic E-state index is 12.7. The molecular weight excluding hydrogens is 1010 g/mol. The largest absolute Gasteiger partial charge is 0.471 e. The van der Waals surface area contributed by atoms with Gasteiger partial charge in [-0.2, -0.15) is 26.3 Å². The highest BCUT2D eigenvalue weighted by molar-refractivity contribution is 5.83. The summed E-state index contributed by atoms with van der Waals surface area (Å²) in [7, 11) is 0. The number of ketones is 1. The summed E-state index contributed by atoms with van der Waals surface area (Å²) in [5.41, 5.74) is 8.56. The first kappa shape index (κ1) is 56.8. The van der Waals surface area contributed by atoms with Gasteiger partial charge in [0.2, 0.25) is 0 Å². The number of amides is 2. The van der Waals surface area contributed by atoms with Crippen LogP contribution in [0.2, 0.25) is 0 Å². The van der Waals surface area contributed by atoms with E-state index in [0.717, 1.165) is 103 Å². The number of likely N-dealkylation sites (tertiary alicyclic amines) is 2. The number of carbonyl (C=O) groups is 3. The van der Waals surface area contributed by atoms with Gasteiger partial charge in [0.25, 0.3) is 0 Å². The molecule has 0 bridgehead atoms. The van der Waals surface area contributed by atoms with Crippen LogP contribution in [0.15, 0.2) is 45.6 Å². The first-order chi connectivity index (χ1) is 36.7. The highest BCUT2D eigenvalue weighted by Crippen LogP contribution is 2.67. The Balaban J connectivity index is 0.000000165. The van der Waals surface area contributed by atoms with Crippen molar-refractivity contribution in [2.24, 2.45) is 70.0 Å². The van der Waals surface area contributed by atoms with Gasteiger partial charge in [0.1, 0.15) is 5.78 Å². The number of aliphatic hydroxyl groups is 1. The fraction of sp³-hybridized carbons (Fsp3) is 0.823. The molecule has 0 unspecified atom stereocenters. The average Bonchev–Trinajstić information content (AvgIpc) is 3.90. The Hall–Kier alpha value is -3.05. The van der Waals surface area contributed by atoms with Crippen LogP contribution in [0.1, 0.15) is 158 Å². The molecule has 19 atom stereocenters. The van der Waals surface area contributed by atoms with Gasteiger partial charge in [-0.05, 0) is 173 Å². The van der Waals surface area contributed by atoms with Crippen molar-refractivity contribution >= 4 is 17.6 Å². The minimum atomic E-state index is -4.85. The molecule has 8 aliphatic carbocycles. The van der Waals surface area contributed by atoms with Gasteiger partial charge in [-0.15, -0.1) is 0 Å². The number of ether oxygens (including phenoxy) is 2. The number of piperidine rings is 2. The fourth-order valence-corrected chi connectivity index (χ4v) is 20.1. The van der Waals surface area contributed by atoms with E-state index in [9.17, 15) is 45.8 Å². The lowest BCUT2D eigenvalue weighted by Gasteiger charge is -2.49. The number of halogens is 6. The smallest absolute Gasteiger partial charge is 0.393 e. The molecule has 0 aromatic carbocycles. The Kier molecular flexibility index (Phi) is 14.8. The fourth-order valence-electron chi connectivity index (χ4n) is 20.1. The van der Waals surface area contributed by atoms with Gasteiger partial charge in [-0.3, -0.25) is 24.2 Å². The van der Waals surface area contributed by atoms with Gasteiger partial charge >= 0.3 is 24.2 Å². The summed E-state index contributed by atoms with van der Waals surface area (Å²) in [6, 6.07) is 0.278. The summed E-state index contributed by atoms with van der Waals surface area (Å²) in [6.45, 7) is 20.8. The third-order valence-electron chi connectivity index (χ3n) is 23.9. The third-order valence-corrected chi connectivity index (χ3v) is 23.9. The minimum Gasteiger partial charge on any atom is -0.393 e. The maximum absolute atomic E-state index is 12.7. The van der Waals surface area contributed by atoms with Crippen molar-refractivity contribution in [3.8, 4) is 0 Å². The van der Waals surface area contributed by atoms with Crippen LogP contribution in [0.4, 0.5) is 26.3 Å². The van der Waals surface area contributed by atoms with E-state index in [1.165, 1.54) is 22.3 Å². The van der Waals surface area contributed by atoms with E-state index in [0.29, 0.717) is 79.1 Å². The molecule has 4 heterocycles. The Morgan fingerprint density at radius 3 is 1.58 bits per heavy atom. The molecule has 4 saturated carbocycles. The number of hydrogen-bond acceptors (Lipinski definition) is 8. The molecule has 4 saturated heterocycles. The van der Waals surface area contributed by atoms with E-state index in [4.69, 9.17) is 9.47 Å². The van der Waals surface area contributed by atoms with E-state index in [2.05, 4.69) is 88.0 Å². The van der Waals surface area contributed by atoms with E-state index in [-0.39, 0.29) is 77.4 Å². The number of Topliss-reactive ketones (excluding diaryl/α,β-unsaturated/α-hetero) is 1. The van der Waals surface area contributed by atoms with Crippen LogP contribution in [0, 0.1) is 70.0 Å². The highest BCUT2D eigenvalue weighted by atomic mass is 19.4. The Labute approximate surface area is 458 Å². The first-order valence-corrected chi connectivity index (χ1v) is 30.2. The number of nitrogens with zero attached hydrogens (tertiary/aromatic N) is 2. The van der Waals surface area contributed by atoms with Gasteiger partial charge in [-0.25, -0.2) is 0 Å². The topological polar surface area (TPSA) is 120 Å². The minimum absolute atomic E-state index is 0.0118. The summed E-state index contributed by atoms with van der Waals surface area (Å²) in [6.07, 6.45) is 10.8. The lowest BCUT2D eigenvalue weighted by molar-refractivity contribution is -0.173. The quantitative estimate of drug-likeness (QED) is 0.178. The summed E-state index contributed by atoms with van der Waals surface area (Å²) >= 11 is 0. The van der Waals surface area contributed by atoms with E-state index in [1.54, 1.807) is 11.1 Å². The Bertz CT molecular complexity index is 2520. The van der Waals surface area contributed by atoms with Crippen molar-refractivity contribution in [1.29, 1.82) is 0 Å². The number of alkyl halides is 6. The Morgan fingerprint density at radius 1 is 0.667 bits per heavy atom. The molecule has 3 N–H and O–H groups in total. The number of hydrogen-bond donors (Lipinski definition) is 3. The third kappa shape index (κ3) is 9.35. The van der Waals surface area contributed by atoms with Crippen LogP contribution in [-0.4, -0.2) is 126 Å². The summed E-state index contributed by atoms with van der Waals surface area (Å²) in [5, 5.41) is 14.5. The van der Waals surface area contributed by atoms with Crippen molar-refractivity contribution in [3.63, 3.8) is 0 Å². The molecule has 16 heteroatoms. The van der Waals surface area contributed by atoms with Gasteiger partial charge in [-0.1, -0.05) is 76.0 Å². The van der Waals surface area contributed by atoms with Crippen LogP contribution in [0.5, 0.6) is 0 Å². The van der Waals surface area contributed by atoms with Crippen molar-refractivity contribution in [3.05, 3.63) is 45.6 Å². The van der Waals surface area contributed by atoms with Crippen LogP contribution in [0.25, 0.3) is 0 Å². The zero-order valence-corrected chi connectivity index (χ0v) is 47.5. The summed E-state index contributed by atoms with van der Waals surface area (Å²) in [4.78, 5) is 39.6. The lowest BCUT2D eigenvalue weighted by Crippen LogP contribution is -2.54. The SMILES string of the molecule is CC1=C2C[C@H]3[C@@H](CC=C4CC(=O)CC[C@@]43C)[C@@H]2CC[C@]12O[C@@H]1C[C@H](C)CN(CCNC(=O)C(F)(F)F)[C@H]1[C@H]2C.CC1=C2C[C@H]3[C@@H](CC=C4C[C@@H](O)CC[C@@]43C)[C@@H]2CC[C@]12O[C@@H]1C[C@H](C)CN(CCNC(=O)C(F)(F)F)[C@H]1[C@H]2C. The van der Waals surface area contributed by atoms with Crippen molar-refractivity contribution < 1.29 is 55.3 Å². The predicted molar refractivity (Wildman–Crippen MR) is 284 cm³/mol. The normalized spacial score (nSPS) is 45.0. The Morgan fingerprint density at radius 2 is 1.12 bits per heavy atom. The number of aliphatic hydroxyl groups excluding tert-OH is 1. The average molecular weight is 1100 g/mol. The molecule has 8 fully saturated rings. The van der Waals surface area contributed by atoms with Crippen LogP contribution in [-0.2, 0) is 23.9 Å². The zero-order valence-electron chi connectivity index (χ0n) is 47.5. The summed E-state index contributed by atoms with van der Waals surface area (Å²) in [5.74, 6) is 1.59. The van der Waals surface area contributed by atoms with Gasteiger partial charge < -0.3 is 25.2 Å². The molecule has 10 nitrogen and oxygen atoms in total.